The summed E-state index contributed by atoms with van der Waals surface area (Å²) >= 11 is 2.44. The molecule has 0 unspecified atom stereocenters. The normalized spacial score (nSPS) is 23.4. The van der Waals surface area contributed by atoms with Crippen LogP contribution in [0.3, 0.4) is 0 Å². The van der Waals surface area contributed by atoms with Crippen molar-refractivity contribution >= 4 is 22.6 Å². The summed E-state index contributed by atoms with van der Waals surface area (Å²) in [6.45, 7) is 0. The van der Waals surface area contributed by atoms with Gasteiger partial charge in [-0.2, -0.15) is 0 Å². The lowest BCUT2D eigenvalue weighted by atomic mass is 10.1. The molecule has 0 spiro atoms. The van der Waals surface area contributed by atoms with E-state index in [1.165, 1.54) is 17.3 Å². The van der Waals surface area contributed by atoms with Crippen LogP contribution in [-0.4, -0.2) is 4.43 Å². The third-order valence-corrected chi connectivity index (χ3v) is 2.16. The Hall–Kier alpha value is 0.730. The van der Waals surface area contributed by atoms with Crippen LogP contribution in [0.4, 0.5) is 0 Å². The first kappa shape index (κ1) is 3.90. The molecular formula is C4H7I. The highest BCUT2D eigenvalue weighted by Crippen LogP contribution is 2.30. The molecule has 0 heterocycles. The van der Waals surface area contributed by atoms with E-state index in [2.05, 4.69) is 22.6 Å². The van der Waals surface area contributed by atoms with Gasteiger partial charge in [-0.3, -0.25) is 0 Å². The van der Waals surface area contributed by atoms with Gasteiger partial charge in [-0.15, -0.1) is 0 Å². The molecule has 0 aromatic rings. The molecule has 1 heteroatoms. The molecule has 0 amide bonds. The number of alkyl halides is 1. The van der Waals surface area contributed by atoms with Crippen molar-refractivity contribution in [3.63, 3.8) is 0 Å². The van der Waals surface area contributed by atoms with E-state index in [0.717, 1.165) is 5.92 Å². The van der Waals surface area contributed by atoms with Gasteiger partial charge >= 0.3 is 0 Å². The van der Waals surface area contributed by atoms with E-state index in [1.807, 2.05) is 0 Å². The van der Waals surface area contributed by atoms with Crippen molar-refractivity contribution in [2.24, 2.45) is 5.92 Å². The second kappa shape index (κ2) is 1.45. The van der Waals surface area contributed by atoms with Crippen LogP contribution in [0, 0.1) is 5.92 Å². The maximum atomic E-state index is 2.44. The van der Waals surface area contributed by atoms with Gasteiger partial charge in [-0.05, 0) is 18.8 Å². The molecule has 0 aromatic carbocycles. The minimum Gasteiger partial charge on any atom is -0.0861 e. The van der Waals surface area contributed by atoms with Gasteiger partial charge < -0.3 is 0 Å². The van der Waals surface area contributed by atoms with Gasteiger partial charge in [0.1, 0.15) is 0 Å². The molecule has 0 bridgehead atoms. The highest BCUT2D eigenvalue weighted by atomic mass is 127. The van der Waals surface area contributed by atoms with E-state index in [4.69, 9.17) is 0 Å². The summed E-state index contributed by atoms with van der Waals surface area (Å²) in [7, 11) is 0. The highest BCUT2D eigenvalue weighted by Gasteiger charge is 2.18. The van der Waals surface area contributed by atoms with Crippen molar-refractivity contribution in [3.05, 3.63) is 0 Å². The lowest BCUT2D eigenvalue weighted by Gasteiger charge is -1.70. The molecule has 0 radical (unpaired) electrons. The summed E-state index contributed by atoms with van der Waals surface area (Å²) in [4.78, 5) is 0. The molecular weight excluding hydrogens is 174 g/mol. The molecule has 1 aliphatic rings. The Kier molecular flexibility index (Phi) is 1.13. The summed E-state index contributed by atoms with van der Waals surface area (Å²) in [6.07, 6.45) is 3.01. The van der Waals surface area contributed by atoms with Crippen LogP contribution < -0.4 is 0 Å². The Balaban J connectivity index is 2.00. The van der Waals surface area contributed by atoms with Crippen molar-refractivity contribution in [1.29, 1.82) is 0 Å². The number of rotatable bonds is 1. The molecule has 0 saturated heterocycles. The molecule has 1 saturated carbocycles. The van der Waals surface area contributed by atoms with Crippen molar-refractivity contribution in [1.82, 2.24) is 0 Å². The van der Waals surface area contributed by atoms with Crippen LogP contribution in [0.2, 0.25) is 0 Å². The van der Waals surface area contributed by atoms with Crippen molar-refractivity contribution < 1.29 is 0 Å². The number of hydrogen-bond donors (Lipinski definition) is 0. The second-order valence-electron chi connectivity index (χ2n) is 1.60. The molecule has 0 N–H and O–H groups in total. The molecule has 1 fully saturated rings. The molecule has 0 atom stereocenters. The van der Waals surface area contributed by atoms with Crippen LogP contribution in [0.25, 0.3) is 0 Å². The van der Waals surface area contributed by atoms with E-state index >= 15 is 0 Å². The Bertz CT molecular complexity index is 30.6. The average molecular weight is 181 g/mol. The largest absolute Gasteiger partial charge is 0.0861 e. The topological polar surface area (TPSA) is 0 Å². The molecule has 1 aliphatic carbocycles. The van der Waals surface area contributed by atoms with Crippen LogP contribution in [0.1, 0.15) is 12.8 Å². The van der Waals surface area contributed by atoms with Gasteiger partial charge in [0, 0.05) is 4.43 Å². The third-order valence-electron chi connectivity index (χ3n) is 0.915. The van der Waals surface area contributed by atoms with Crippen molar-refractivity contribution in [2.75, 3.05) is 4.43 Å². The van der Waals surface area contributed by atoms with E-state index < -0.39 is 0 Å². The second-order valence-corrected chi connectivity index (χ2v) is 2.48. The molecule has 30 valence electrons. The Morgan fingerprint density at radius 1 is 1.60 bits per heavy atom. The predicted octanol–water partition coefficient (Wildman–Crippen LogP) is 1.83. The quantitative estimate of drug-likeness (QED) is 0.427. The lowest BCUT2D eigenvalue weighted by molar-refractivity contribution is 1.02. The van der Waals surface area contributed by atoms with Crippen LogP contribution in [-0.2, 0) is 0 Å². The Morgan fingerprint density at radius 2 is 2.20 bits per heavy atom. The fourth-order valence-corrected chi connectivity index (χ4v) is 1.15. The zero-order valence-corrected chi connectivity index (χ0v) is 5.23. The molecule has 1 rings (SSSR count). The van der Waals surface area contributed by atoms with Gasteiger partial charge in [0.05, 0.1) is 0 Å². The Labute approximate surface area is 46.1 Å². The third kappa shape index (κ3) is 1.07. The highest BCUT2D eigenvalue weighted by molar-refractivity contribution is 14.1. The van der Waals surface area contributed by atoms with E-state index in [9.17, 15) is 0 Å². The van der Waals surface area contributed by atoms with Gasteiger partial charge in [-0.1, -0.05) is 22.6 Å². The minimum absolute atomic E-state index is 1.12. The van der Waals surface area contributed by atoms with Crippen LogP contribution in [0.15, 0.2) is 0 Å². The van der Waals surface area contributed by atoms with Gasteiger partial charge in [0.25, 0.3) is 0 Å². The first-order chi connectivity index (χ1) is 2.43. The van der Waals surface area contributed by atoms with Crippen LogP contribution in [0.5, 0.6) is 0 Å². The van der Waals surface area contributed by atoms with Gasteiger partial charge in [-0.25, -0.2) is 0 Å². The van der Waals surface area contributed by atoms with E-state index in [-0.39, 0.29) is 0 Å². The lowest BCUT2D eigenvalue weighted by Crippen LogP contribution is -1.66. The summed E-state index contributed by atoms with van der Waals surface area (Å²) in [5, 5.41) is 0. The molecule has 0 aliphatic heterocycles. The standard InChI is InChI=1S/C4H7I/c5-3-4-1-2-4/h4H,1-3H2/i3-1. The SMILES string of the molecule is I[11CH2]C1CC1. The smallest absolute Gasteiger partial charge is 0.00237 e. The zero-order chi connectivity index (χ0) is 3.70. The van der Waals surface area contributed by atoms with Crippen LogP contribution >= 0.6 is 22.6 Å². The molecule has 0 aromatic heterocycles. The minimum atomic E-state index is 1.12. The van der Waals surface area contributed by atoms with Crippen molar-refractivity contribution in [3.8, 4) is 0 Å². The first-order valence-corrected chi connectivity index (χ1v) is 3.52. The van der Waals surface area contributed by atoms with Gasteiger partial charge in [0.15, 0.2) is 0 Å². The monoisotopic (exact) mass is 181 g/mol. The summed E-state index contributed by atoms with van der Waals surface area (Å²) in [5.74, 6) is 1.12. The summed E-state index contributed by atoms with van der Waals surface area (Å²) in [5.41, 5.74) is 0. The first-order valence-electron chi connectivity index (χ1n) is 1.99. The van der Waals surface area contributed by atoms with Gasteiger partial charge in [0.2, 0.25) is 0 Å². The van der Waals surface area contributed by atoms with E-state index in [1.54, 1.807) is 0 Å². The molecule has 5 heavy (non-hydrogen) atoms. The Morgan fingerprint density at radius 3 is 2.20 bits per heavy atom. The molecule has 0 nitrogen and oxygen atoms in total. The maximum absolute atomic E-state index is 2.44. The number of hydrogen-bond acceptors (Lipinski definition) is 0. The zero-order valence-electron chi connectivity index (χ0n) is 3.08. The summed E-state index contributed by atoms with van der Waals surface area (Å²) < 4.78 is 1.39. The maximum Gasteiger partial charge on any atom is 0.00237 e. The fourth-order valence-electron chi connectivity index (χ4n) is 0.272. The summed E-state index contributed by atoms with van der Waals surface area (Å²) in [6, 6.07) is 0. The number of halogens is 1. The predicted molar refractivity (Wildman–Crippen MR) is 31.6 cm³/mol. The van der Waals surface area contributed by atoms with E-state index in [0.29, 0.717) is 0 Å². The average Bonchev–Trinajstić information content (AvgIpc) is 2.12. The van der Waals surface area contributed by atoms with Crippen molar-refractivity contribution in [2.45, 2.75) is 12.8 Å². The fraction of sp³-hybridized carbons (Fsp3) is 1.00.